The lowest BCUT2D eigenvalue weighted by atomic mass is 9.92. The van der Waals surface area contributed by atoms with E-state index >= 15 is 0 Å². The highest BCUT2D eigenvalue weighted by Crippen LogP contribution is 2.37. The van der Waals surface area contributed by atoms with Crippen molar-refractivity contribution in [3.05, 3.63) is 122 Å². The normalized spacial score (nSPS) is 11.6. The summed E-state index contributed by atoms with van der Waals surface area (Å²) in [5, 5.41) is 7.78. The highest BCUT2D eigenvalue weighted by atomic mass is 15.0. The molecule has 7 aromatic rings. The molecule has 0 saturated carbocycles. The molecule has 0 unspecified atom stereocenters. The summed E-state index contributed by atoms with van der Waals surface area (Å²) in [5.41, 5.74) is 5.62. The Bertz CT molecular complexity index is 1770. The molecule has 1 heterocycles. The van der Waals surface area contributed by atoms with Crippen LogP contribution in [-0.2, 0) is 0 Å². The van der Waals surface area contributed by atoms with Gasteiger partial charge in [-0.3, -0.25) is 4.57 Å². The molecule has 0 fully saturated rings. The summed E-state index contributed by atoms with van der Waals surface area (Å²) in [4.78, 5) is 4.70. The first-order valence-corrected chi connectivity index (χ1v) is 11.2. The van der Waals surface area contributed by atoms with Crippen LogP contribution in [0.1, 0.15) is 0 Å². The van der Waals surface area contributed by atoms with Crippen LogP contribution in [-0.4, -0.2) is 9.55 Å². The number of aromatic nitrogens is 2. The number of fused-ring (bicyclic) bond motifs is 7. The SMILES string of the molecule is c1ccc(-n2cnc3cc(-c4ccc5c6ccccc6c6ccccc6c5c4)ccc32)cc1. The molecule has 0 atom stereocenters. The minimum atomic E-state index is 1.000. The van der Waals surface area contributed by atoms with Gasteiger partial charge in [-0.2, -0.15) is 0 Å². The van der Waals surface area contributed by atoms with E-state index in [0.29, 0.717) is 0 Å². The van der Waals surface area contributed by atoms with Gasteiger partial charge in [-0.15, -0.1) is 0 Å². The number of rotatable bonds is 2. The van der Waals surface area contributed by atoms with E-state index in [4.69, 9.17) is 4.98 Å². The zero-order chi connectivity index (χ0) is 21.8. The second kappa shape index (κ2) is 7.04. The summed E-state index contributed by atoms with van der Waals surface area (Å²) in [6.07, 6.45) is 1.91. The third-order valence-corrected chi connectivity index (χ3v) is 6.66. The van der Waals surface area contributed by atoms with Crippen LogP contribution in [0.15, 0.2) is 122 Å². The Kier molecular flexibility index (Phi) is 3.88. The quantitative estimate of drug-likeness (QED) is 0.258. The van der Waals surface area contributed by atoms with E-state index in [1.54, 1.807) is 0 Å². The number of hydrogen-bond acceptors (Lipinski definition) is 1. The molecule has 0 saturated heterocycles. The molecule has 0 radical (unpaired) electrons. The molecule has 2 nitrogen and oxygen atoms in total. The highest BCUT2D eigenvalue weighted by Gasteiger charge is 2.11. The van der Waals surface area contributed by atoms with Crippen molar-refractivity contribution in [1.82, 2.24) is 9.55 Å². The van der Waals surface area contributed by atoms with Crippen LogP contribution in [0.3, 0.4) is 0 Å². The van der Waals surface area contributed by atoms with Crippen molar-refractivity contribution in [2.45, 2.75) is 0 Å². The van der Waals surface area contributed by atoms with Crippen molar-refractivity contribution in [2.75, 3.05) is 0 Å². The maximum Gasteiger partial charge on any atom is 0.100 e. The zero-order valence-corrected chi connectivity index (χ0v) is 17.9. The molecule has 0 amide bonds. The predicted molar refractivity (Wildman–Crippen MR) is 139 cm³/mol. The second-order valence-electron chi connectivity index (χ2n) is 8.51. The van der Waals surface area contributed by atoms with Crippen LogP contribution in [0.2, 0.25) is 0 Å². The molecule has 0 aliphatic carbocycles. The van der Waals surface area contributed by atoms with Gasteiger partial charge < -0.3 is 0 Å². The number of hydrogen-bond donors (Lipinski definition) is 0. The van der Waals surface area contributed by atoms with Gasteiger partial charge in [-0.25, -0.2) is 4.98 Å². The van der Waals surface area contributed by atoms with E-state index in [9.17, 15) is 0 Å². The van der Waals surface area contributed by atoms with Crippen LogP contribution >= 0.6 is 0 Å². The molecule has 0 aliphatic rings. The van der Waals surface area contributed by atoms with Crippen LogP contribution in [0.25, 0.3) is 60.2 Å². The Hall–Kier alpha value is -4.43. The summed E-state index contributed by atoms with van der Waals surface area (Å²) in [6, 6.07) is 41.2. The van der Waals surface area contributed by atoms with Crippen LogP contribution in [0, 0.1) is 0 Å². The number of nitrogens with zero attached hydrogens (tertiary/aromatic N) is 2. The Labute approximate surface area is 191 Å². The predicted octanol–water partition coefficient (Wildman–Crippen LogP) is 8.15. The molecular weight excluding hydrogens is 400 g/mol. The fourth-order valence-electron chi connectivity index (χ4n) is 5.07. The smallest absolute Gasteiger partial charge is 0.100 e. The van der Waals surface area contributed by atoms with E-state index in [0.717, 1.165) is 16.7 Å². The van der Waals surface area contributed by atoms with Gasteiger partial charge in [-0.1, -0.05) is 84.9 Å². The third kappa shape index (κ3) is 2.78. The van der Waals surface area contributed by atoms with Crippen molar-refractivity contribution < 1.29 is 0 Å². The molecule has 7 rings (SSSR count). The summed E-state index contributed by atoms with van der Waals surface area (Å²) in [5.74, 6) is 0. The molecule has 0 spiro atoms. The monoisotopic (exact) mass is 420 g/mol. The molecule has 0 N–H and O–H groups in total. The first-order valence-electron chi connectivity index (χ1n) is 11.2. The zero-order valence-electron chi connectivity index (χ0n) is 17.9. The maximum atomic E-state index is 4.70. The lowest BCUT2D eigenvalue weighted by Crippen LogP contribution is -1.90. The van der Waals surface area contributed by atoms with E-state index < -0.39 is 0 Å². The molecule has 33 heavy (non-hydrogen) atoms. The highest BCUT2D eigenvalue weighted by molar-refractivity contribution is 6.25. The van der Waals surface area contributed by atoms with E-state index in [1.807, 2.05) is 12.4 Å². The molecule has 6 aromatic carbocycles. The average Bonchev–Trinajstić information content (AvgIpc) is 3.32. The summed E-state index contributed by atoms with van der Waals surface area (Å²) in [7, 11) is 0. The van der Waals surface area contributed by atoms with Crippen molar-refractivity contribution in [3.63, 3.8) is 0 Å². The van der Waals surface area contributed by atoms with E-state index in [1.165, 1.54) is 43.4 Å². The maximum absolute atomic E-state index is 4.70. The Morgan fingerprint density at radius 2 is 1.00 bits per heavy atom. The molecule has 2 heteroatoms. The van der Waals surface area contributed by atoms with Gasteiger partial charge in [0.1, 0.15) is 6.33 Å². The summed E-state index contributed by atoms with van der Waals surface area (Å²) < 4.78 is 2.14. The van der Waals surface area contributed by atoms with Gasteiger partial charge in [0.2, 0.25) is 0 Å². The van der Waals surface area contributed by atoms with Crippen molar-refractivity contribution >= 4 is 43.4 Å². The van der Waals surface area contributed by atoms with Crippen molar-refractivity contribution in [3.8, 4) is 16.8 Å². The van der Waals surface area contributed by atoms with Crippen LogP contribution < -0.4 is 0 Å². The van der Waals surface area contributed by atoms with Crippen molar-refractivity contribution in [2.24, 2.45) is 0 Å². The molecule has 0 aliphatic heterocycles. The molecule has 0 bridgehead atoms. The fraction of sp³-hybridized carbons (Fsp3) is 0. The number of benzene rings is 6. The second-order valence-corrected chi connectivity index (χ2v) is 8.51. The van der Waals surface area contributed by atoms with Gasteiger partial charge in [0.25, 0.3) is 0 Å². The van der Waals surface area contributed by atoms with Crippen LogP contribution in [0.4, 0.5) is 0 Å². The number of imidazole rings is 1. The Balaban J connectivity index is 1.44. The van der Waals surface area contributed by atoms with Crippen LogP contribution in [0.5, 0.6) is 0 Å². The minimum absolute atomic E-state index is 1.000. The van der Waals surface area contributed by atoms with Gasteiger partial charge >= 0.3 is 0 Å². The van der Waals surface area contributed by atoms with Gasteiger partial charge in [-0.05, 0) is 73.8 Å². The van der Waals surface area contributed by atoms with Crippen molar-refractivity contribution in [1.29, 1.82) is 0 Å². The fourth-order valence-corrected chi connectivity index (χ4v) is 5.07. The first kappa shape index (κ1) is 18.2. The molecule has 1 aromatic heterocycles. The lowest BCUT2D eigenvalue weighted by Gasteiger charge is -2.12. The molecular formula is C31H20N2. The average molecular weight is 421 g/mol. The molecule has 154 valence electrons. The summed E-state index contributed by atoms with van der Waals surface area (Å²) in [6.45, 7) is 0. The lowest BCUT2D eigenvalue weighted by molar-refractivity contribution is 1.09. The number of para-hydroxylation sites is 1. The Morgan fingerprint density at radius 3 is 1.70 bits per heavy atom. The van der Waals surface area contributed by atoms with E-state index in [2.05, 4.69) is 114 Å². The summed E-state index contributed by atoms with van der Waals surface area (Å²) >= 11 is 0. The largest absolute Gasteiger partial charge is 0.299 e. The van der Waals surface area contributed by atoms with Gasteiger partial charge in [0, 0.05) is 5.69 Å². The van der Waals surface area contributed by atoms with Gasteiger partial charge in [0.05, 0.1) is 11.0 Å². The third-order valence-electron chi connectivity index (χ3n) is 6.66. The Morgan fingerprint density at radius 1 is 0.455 bits per heavy atom. The topological polar surface area (TPSA) is 17.8 Å². The standard InChI is InChI=1S/C31H20N2/c1-2-8-23(9-3-1)33-20-32-30-19-22(15-17-31(30)33)21-14-16-28-26-12-5-4-10-24(26)25-11-6-7-13-27(25)29(28)18-21/h1-20H. The first-order chi connectivity index (χ1) is 16.4. The minimum Gasteiger partial charge on any atom is -0.299 e. The van der Waals surface area contributed by atoms with Gasteiger partial charge in [0.15, 0.2) is 0 Å². The van der Waals surface area contributed by atoms with E-state index in [-0.39, 0.29) is 0 Å².